The summed E-state index contributed by atoms with van der Waals surface area (Å²) in [5.41, 5.74) is 0.916. The number of nitriles is 1. The summed E-state index contributed by atoms with van der Waals surface area (Å²) in [4.78, 5) is 0. The van der Waals surface area contributed by atoms with E-state index >= 15 is 0 Å². The molecule has 0 bridgehead atoms. The largest absolute Gasteiger partial charge is 0.232 e. The fraction of sp³-hybridized carbons (Fsp3) is 0.125. The molecule has 0 aliphatic heterocycles. The van der Waals surface area contributed by atoms with E-state index in [4.69, 9.17) is 16.9 Å². The number of nitrogens with zero attached hydrogens (tertiary/aromatic N) is 1. The average Bonchev–Trinajstić information content (AvgIpc) is 2.01. The molecule has 13 heavy (non-hydrogen) atoms. The molecule has 0 saturated carbocycles. The monoisotopic (exact) mass is 215 g/mol. The number of hydrogen-bond donors (Lipinski definition) is 1. The highest BCUT2D eigenvalue weighted by atomic mass is 35.5. The van der Waals surface area contributed by atoms with Crippen molar-refractivity contribution in [3.05, 3.63) is 34.3 Å². The van der Waals surface area contributed by atoms with Gasteiger partial charge in [-0.3, -0.25) is 0 Å². The van der Waals surface area contributed by atoms with Crippen molar-refractivity contribution in [2.75, 3.05) is 0 Å². The second-order valence-electron chi connectivity index (χ2n) is 2.45. The molecule has 68 valence electrons. The Kier molecular flexibility index (Phi) is 3.29. The van der Waals surface area contributed by atoms with E-state index in [9.17, 15) is 8.42 Å². The van der Waals surface area contributed by atoms with Crippen molar-refractivity contribution >= 4 is 22.3 Å². The van der Waals surface area contributed by atoms with Gasteiger partial charge < -0.3 is 0 Å². The van der Waals surface area contributed by atoms with Crippen molar-refractivity contribution in [3.63, 3.8) is 0 Å². The van der Waals surface area contributed by atoms with Crippen LogP contribution in [0, 0.1) is 11.3 Å². The van der Waals surface area contributed by atoms with Gasteiger partial charge in [-0.15, -0.1) is 0 Å². The van der Waals surface area contributed by atoms with Gasteiger partial charge in [0, 0.05) is 5.02 Å². The Bertz CT molecular complexity index is 426. The van der Waals surface area contributed by atoms with Gasteiger partial charge in [0.05, 0.1) is 17.4 Å². The van der Waals surface area contributed by atoms with Crippen LogP contribution in [-0.4, -0.2) is 8.42 Å². The molecular weight excluding hydrogens is 210 g/mol. The van der Waals surface area contributed by atoms with Crippen molar-refractivity contribution in [2.24, 2.45) is 0 Å². The number of benzene rings is 1. The first kappa shape index (κ1) is 10.0. The van der Waals surface area contributed by atoms with Crippen molar-refractivity contribution in [1.82, 2.24) is 0 Å². The molecule has 1 aromatic carbocycles. The van der Waals surface area contributed by atoms with Crippen molar-refractivity contribution in [1.29, 1.82) is 5.26 Å². The van der Waals surface area contributed by atoms with Crippen LogP contribution in [0.1, 0.15) is 11.1 Å². The first-order valence-electron chi connectivity index (χ1n) is 3.43. The maximum Gasteiger partial charge on any atom is 0.144 e. The summed E-state index contributed by atoms with van der Waals surface area (Å²) in [6, 6.07) is 6.44. The van der Waals surface area contributed by atoms with Gasteiger partial charge in [0.15, 0.2) is 0 Å². The first-order chi connectivity index (χ1) is 6.11. The topological polar surface area (TPSA) is 57.9 Å². The molecule has 0 heterocycles. The van der Waals surface area contributed by atoms with Crippen LogP contribution in [0.5, 0.6) is 0 Å². The van der Waals surface area contributed by atoms with E-state index in [1.807, 2.05) is 6.07 Å². The van der Waals surface area contributed by atoms with E-state index in [0.29, 0.717) is 16.1 Å². The fourth-order valence-corrected chi connectivity index (χ4v) is 1.69. The second-order valence-corrected chi connectivity index (χ2v) is 3.87. The van der Waals surface area contributed by atoms with E-state index < -0.39 is 10.7 Å². The van der Waals surface area contributed by atoms with Crippen LogP contribution in [0.4, 0.5) is 0 Å². The SMILES string of the molecule is N#Cc1cc(Cl)cc(C[SH](=O)=O)c1. The molecule has 0 aliphatic rings. The van der Waals surface area contributed by atoms with Crippen LogP contribution >= 0.6 is 11.6 Å². The lowest BCUT2D eigenvalue weighted by Crippen LogP contribution is -1.88. The first-order valence-corrected chi connectivity index (χ1v) is 5.17. The molecule has 0 saturated heterocycles. The Balaban J connectivity index is 3.10. The van der Waals surface area contributed by atoms with Gasteiger partial charge >= 0.3 is 0 Å². The molecule has 0 unspecified atom stereocenters. The van der Waals surface area contributed by atoms with E-state index in [1.165, 1.54) is 18.2 Å². The highest BCUT2D eigenvalue weighted by Crippen LogP contribution is 2.15. The smallest absolute Gasteiger partial charge is 0.144 e. The third-order valence-corrected chi connectivity index (χ3v) is 2.24. The molecule has 0 aromatic heterocycles. The molecule has 0 aliphatic carbocycles. The molecule has 0 atom stereocenters. The maximum absolute atomic E-state index is 10.4. The summed E-state index contributed by atoms with van der Waals surface area (Å²) in [5, 5.41) is 8.94. The molecule has 1 rings (SSSR count). The van der Waals surface area contributed by atoms with E-state index in [2.05, 4.69) is 0 Å². The lowest BCUT2D eigenvalue weighted by molar-refractivity contribution is 0.614. The minimum Gasteiger partial charge on any atom is -0.232 e. The van der Waals surface area contributed by atoms with Gasteiger partial charge in [-0.05, 0) is 23.8 Å². The Morgan fingerprint density at radius 2 is 2.08 bits per heavy atom. The van der Waals surface area contributed by atoms with Gasteiger partial charge in [0.25, 0.3) is 0 Å². The summed E-state index contributed by atoms with van der Waals surface area (Å²) < 4.78 is 20.8. The average molecular weight is 216 g/mol. The number of hydrogen-bond acceptors (Lipinski definition) is 3. The molecule has 1 aromatic rings. The van der Waals surface area contributed by atoms with Gasteiger partial charge in [0.2, 0.25) is 0 Å². The van der Waals surface area contributed by atoms with E-state index in [1.54, 1.807) is 0 Å². The second kappa shape index (κ2) is 4.26. The van der Waals surface area contributed by atoms with E-state index in [-0.39, 0.29) is 5.75 Å². The lowest BCUT2D eigenvalue weighted by atomic mass is 10.1. The highest BCUT2D eigenvalue weighted by Gasteiger charge is 1.99. The zero-order valence-electron chi connectivity index (χ0n) is 6.53. The van der Waals surface area contributed by atoms with Gasteiger partial charge in [-0.2, -0.15) is 5.26 Å². The van der Waals surface area contributed by atoms with Gasteiger partial charge in [0.1, 0.15) is 10.7 Å². The Morgan fingerprint density at radius 3 is 2.62 bits per heavy atom. The number of halogens is 1. The molecule has 5 heteroatoms. The van der Waals surface area contributed by atoms with Crippen LogP contribution in [-0.2, 0) is 16.5 Å². The summed E-state index contributed by atoms with van der Waals surface area (Å²) >= 11 is 5.66. The lowest BCUT2D eigenvalue weighted by Gasteiger charge is -1.97. The molecule has 0 amide bonds. The predicted octanol–water partition coefficient (Wildman–Crippen LogP) is 1.32. The third-order valence-electron chi connectivity index (χ3n) is 1.40. The zero-order chi connectivity index (χ0) is 9.84. The van der Waals surface area contributed by atoms with Crippen molar-refractivity contribution in [2.45, 2.75) is 5.75 Å². The van der Waals surface area contributed by atoms with Crippen LogP contribution in [0.2, 0.25) is 5.02 Å². The standard InChI is InChI=1S/C8H6ClNO2S/c9-8-2-6(4-10)1-7(3-8)5-13(11)12/h1-3,13H,5H2. The quantitative estimate of drug-likeness (QED) is 0.758. The summed E-state index contributed by atoms with van der Waals surface area (Å²) in [6.45, 7) is 0. The summed E-state index contributed by atoms with van der Waals surface area (Å²) in [6.07, 6.45) is 0. The molecular formula is C8H6ClNO2S. The molecule has 0 fully saturated rings. The minimum absolute atomic E-state index is 0.0788. The zero-order valence-corrected chi connectivity index (χ0v) is 8.18. The Labute approximate surface area is 82.5 Å². The van der Waals surface area contributed by atoms with E-state index in [0.717, 1.165) is 0 Å². The number of thiol groups is 1. The number of rotatable bonds is 2. The maximum atomic E-state index is 10.4. The fourth-order valence-electron chi connectivity index (χ4n) is 0.955. The Hall–Kier alpha value is -1.05. The summed E-state index contributed by atoms with van der Waals surface area (Å²) in [7, 11) is -2.47. The molecule has 0 spiro atoms. The normalized spacial score (nSPS) is 9.92. The molecule has 3 nitrogen and oxygen atoms in total. The van der Waals surface area contributed by atoms with Crippen LogP contribution in [0.15, 0.2) is 18.2 Å². The Morgan fingerprint density at radius 1 is 1.38 bits per heavy atom. The van der Waals surface area contributed by atoms with Crippen LogP contribution in [0.3, 0.4) is 0 Å². The van der Waals surface area contributed by atoms with Crippen molar-refractivity contribution < 1.29 is 8.42 Å². The molecule has 0 N–H and O–H groups in total. The predicted molar refractivity (Wildman–Crippen MR) is 50.2 cm³/mol. The van der Waals surface area contributed by atoms with Crippen LogP contribution < -0.4 is 0 Å². The van der Waals surface area contributed by atoms with Gasteiger partial charge in [-0.1, -0.05) is 11.6 Å². The van der Waals surface area contributed by atoms with Crippen LogP contribution in [0.25, 0.3) is 0 Å². The third kappa shape index (κ3) is 3.05. The minimum atomic E-state index is -2.47. The molecule has 0 radical (unpaired) electrons. The van der Waals surface area contributed by atoms with Gasteiger partial charge in [-0.25, -0.2) is 8.42 Å². The highest BCUT2D eigenvalue weighted by molar-refractivity contribution is 7.71. The summed E-state index contributed by atoms with van der Waals surface area (Å²) in [5.74, 6) is -0.0788. The van der Waals surface area contributed by atoms with Crippen molar-refractivity contribution in [3.8, 4) is 6.07 Å².